The van der Waals surface area contributed by atoms with Crippen LogP contribution >= 0.6 is 0 Å². The van der Waals surface area contributed by atoms with E-state index in [1.165, 1.54) is 21.5 Å². The molecular formula is C56H36N6. The summed E-state index contributed by atoms with van der Waals surface area (Å²) in [6, 6.07) is 76.4. The van der Waals surface area contributed by atoms with Gasteiger partial charge in [-0.1, -0.05) is 158 Å². The average molecular weight is 793 g/mol. The molecule has 0 aliphatic heterocycles. The largest absolute Gasteiger partial charge is 0.310 e. The molecule has 11 aromatic rings. The Hall–Kier alpha value is -8.48. The van der Waals surface area contributed by atoms with Gasteiger partial charge in [0.25, 0.3) is 0 Å². The van der Waals surface area contributed by atoms with Gasteiger partial charge in [-0.05, 0) is 71.4 Å². The molecule has 0 radical (unpaired) electrons. The predicted octanol–water partition coefficient (Wildman–Crippen LogP) is 14.6. The summed E-state index contributed by atoms with van der Waals surface area (Å²) in [4.78, 5) is 25.7. The fourth-order valence-corrected chi connectivity index (χ4v) is 8.96. The maximum atomic E-state index is 5.29. The fourth-order valence-electron chi connectivity index (χ4n) is 8.96. The number of nitrogens with zero attached hydrogens (tertiary/aromatic N) is 6. The second kappa shape index (κ2) is 14.7. The molecule has 0 atom stereocenters. The van der Waals surface area contributed by atoms with Crippen molar-refractivity contribution in [3.63, 3.8) is 0 Å². The zero-order valence-electron chi connectivity index (χ0n) is 33.5. The van der Waals surface area contributed by atoms with Crippen molar-refractivity contribution in [2.75, 3.05) is 9.80 Å². The van der Waals surface area contributed by atoms with E-state index in [1.54, 1.807) is 0 Å². The highest BCUT2D eigenvalue weighted by atomic mass is 15.2. The molecule has 0 amide bonds. The lowest BCUT2D eigenvalue weighted by Crippen LogP contribution is -2.10. The van der Waals surface area contributed by atoms with Crippen LogP contribution in [0.3, 0.4) is 0 Å². The van der Waals surface area contributed by atoms with E-state index >= 15 is 0 Å². The third-order valence-corrected chi connectivity index (χ3v) is 11.8. The van der Waals surface area contributed by atoms with Crippen LogP contribution in [0.1, 0.15) is 0 Å². The molecule has 0 saturated heterocycles. The molecule has 2 heterocycles. The van der Waals surface area contributed by atoms with Crippen molar-refractivity contribution in [1.29, 1.82) is 0 Å². The number of rotatable bonds is 8. The van der Waals surface area contributed by atoms with Crippen molar-refractivity contribution in [1.82, 2.24) is 19.9 Å². The molecule has 2 aromatic heterocycles. The summed E-state index contributed by atoms with van der Waals surface area (Å²) in [6.45, 7) is 0. The fraction of sp³-hybridized carbons (Fsp3) is 0. The van der Waals surface area contributed by atoms with Gasteiger partial charge < -0.3 is 9.80 Å². The SMILES string of the molecule is c1ccc(N(c2cccc(-c3nc4c5c(nc(-c6cccc(N(c7ccccc7)c7cccc8ccccc78)c6)nc5n3)-c3ccccc3-4)c2)c2cccc3ccccc23)cc1. The number of benzene rings is 9. The lowest BCUT2D eigenvalue weighted by Gasteiger charge is -2.27. The van der Waals surface area contributed by atoms with E-state index in [9.17, 15) is 0 Å². The highest BCUT2D eigenvalue weighted by Crippen LogP contribution is 2.47. The van der Waals surface area contributed by atoms with Crippen LogP contribution < -0.4 is 9.80 Å². The molecule has 0 N–H and O–H groups in total. The van der Waals surface area contributed by atoms with Crippen LogP contribution in [-0.4, -0.2) is 19.9 Å². The molecule has 6 nitrogen and oxygen atoms in total. The van der Waals surface area contributed by atoms with Gasteiger partial charge in [0.05, 0.1) is 28.1 Å². The summed E-state index contributed by atoms with van der Waals surface area (Å²) in [6.07, 6.45) is 0. The van der Waals surface area contributed by atoms with E-state index in [4.69, 9.17) is 19.9 Å². The van der Waals surface area contributed by atoms with Crippen LogP contribution in [0.25, 0.3) is 77.9 Å². The maximum Gasteiger partial charge on any atom is 0.168 e. The first kappa shape index (κ1) is 35.5. The Kier molecular flexibility index (Phi) is 8.38. The van der Waals surface area contributed by atoms with Crippen molar-refractivity contribution in [2.24, 2.45) is 0 Å². The molecule has 290 valence electrons. The molecule has 0 bridgehead atoms. The minimum Gasteiger partial charge on any atom is -0.310 e. The number of hydrogen-bond acceptors (Lipinski definition) is 6. The van der Waals surface area contributed by atoms with Crippen molar-refractivity contribution in [3.05, 3.63) is 218 Å². The van der Waals surface area contributed by atoms with Gasteiger partial charge in [0.2, 0.25) is 0 Å². The van der Waals surface area contributed by atoms with E-state index < -0.39 is 0 Å². The number of fused-ring (bicyclic) bond motifs is 5. The van der Waals surface area contributed by atoms with E-state index in [2.05, 4.69) is 228 Å². The van der Waals surface area contributed by atoms with Crippen molar-refractivity contribution in [3.8, 4) is 45.3 Å². The summed E-state index contributed by atoms with van der Waals surface area (Å²) < 4.78 is 0. The van der Waals surface area contributed by atoms with E-state index in [1.807, 2.05) is 0 Å². The Morgan fingerprint density at radius 3 is 1.18 bits per heavy atom. The summed E-state index contributed by atoms with van der Waals surface area (Å²) in [7, 11) is 0. The number of hydrogen-bond donors (Lipinski definition) is 0. The maximum absolute atomic E-state index is 5.29. The lowest BCUT2D eigenvalue weighted by atomic mass is 10.1. The molecule has 0 saturated carbocycles. The number of aromatic nitrogens is 4. The monoisotopic (exact) mass is 792 g/mol. The topological polar surface area (TPSA) is 58.0 Å². The van der Waals surface area contributed by atoms with Crippen LogP contribution in [0.5, 0.6) is 0 Å². The second-order valence-corrected chi connectivity index (χ2v) is 15.5. The lowest BCUT2D eigenvalue weighted by molar-refractivity contribution is 1.16. The van der Waals surface area contributed by atoms with Gasteiger partial charge in [-0.2, -0.15) is 0 Å². The van der Waals surface area contributed by atoms with Crippen molar-refractivity contribution in [2.45, 2.75) is 0 Å². The summed E-state index contributed by atoms with van der Waals surface area (Å²) >= 11 is 0. The smallest absolute Gasteiger partial charge is 0.168 e. The van der Waals surface area contributed by atoms with Gasteiger partial charge in [-0.25, -0.2) is 19.9 Å². The standard InChI is InChI=1S/C56H36N6/c1-3-23-41(24-4-1)61(49-33-15-19-37-17-7-9-29-45(37)49)43-27-13-21-39(35-43)54-57-52-47-31-11-12-32-48(47)53-51(52)56(59-54)60-55(58-53)40-22-14-28-44(36-40)62(42-25-5-2-6-26-42)50-34-16-20-38-18-8-10-30-46(38)50/h1-36H. The Bertz CT molecular complexity index is 3260. The van der Waals surface area contributed by atoms with Gasteiger partial charge in [0.1, 0.15) is 0 Å². The quantitative estimate of drug-likeness (QED) is 0.153. The van der Waals surface area contributed by atoms with Gasteiger partial charge in [0, 0.05) is 55.8 Å². The first-order valence-electron chi connectivity index (χ1n) is 20.8. The molecule has 9 aromatic carbocycles. The van der Waals surface area contributed by atoms with E-state index in [0.29, 0.717) is 17.3 Å². The second-order valence-electron chi connectivity index (χ2n) is 15.5. The van der Waals surface area contributed by atoms with Crippen LogP contribution in [0.15, 0.2) is 218 Å². The number of para-hydroxylation sites is 2. The third-order valence-electron chi connectivity index (χ3n) is 11.8. The minimum absolute atomic E-state index is 0.604. The van der Waals surface area contributed by atoms with Crippen molar-refractivity contribution < 1.29 is 0 Å². The summed E-state index contributed by atoms with van der Waals surface area (Å²) in [5, 5.41) is 5.57. The first-order chi connectivity index (χ1) is 30.7. The number of anilines is 6. The molecule has 62 heavy (non-hydrogen) atoms. The molecule has 0 spiro atoms. The molecule has 0 fully saturated rings. The third kappa shape index (κ3) is 5.96. The summed E-state index contributed by atoms with van der Waals surface area (Å²) in [5.74, 6) is 1.21. The van der Waals surface area contributed by atoms with Crippen LogP contribution in [0, 0.1) is 0 Å². The molecule has 1 aliphatic rings. The van der Waals surface area contributed by atoms with Crippen LogP contribution in [-0.2, 0) is 0 Å². The summed E-state index contributed by atoms with van der Waals surface area (Å²) in [5.41, 5.74) is 12.5. The van der Waals surface area contributed by atoms with E-state index in [-0.39, 0.29) is 0 Å². The Balaban J connectivity index is 1.02. The van der Waals surface area contributed by atoms with Crippen LogP contribution in [0.2, 0.25) is 0 Å². The van der Waals surface area contributed by atoms with Gasteiger partial charge in [-0.15, -0.1) is 0 Å². The van der Waals surface area contributed by atoms with Gasteiger partial charge in [0.15, 0.2) is 17.3 Å². The molecular weight excluding hydrogens is 757 g/mol. The highest BCUT2D eigenvalue weighted by molar-refractivity contribution is 6.11. The van der Waals surface area contributed by atoms with Crippen molar-refractivity contribution >= 4 is 66.7 Å². The van der Waals surface area contributed by atoms with Gasteiger partial charge in [-0.3, -0.25) is 0 Å². The highest BCUT2D eigenvalue weighted by Gasteiger charge is 2.28. The zero-order valence-corrected chi connectivity index (χ0v) is 33.5. The Morgan fingerprint density at radius 1 is 0.306 bits per heavy atom. The van der Waals surface area contributed by atoms with Gasteiger partial charge >= 0.3 is 0 Å². The molecule has 1 aliphatic carbocycles. The first-order valence-corrected chi connectivity index (χ1v) is 20.8. The zero-order chi connectivity index (χ0) is 41.0. The predicted molar refractivity (Wildman–Crippen MR) is 255 cm³/mol. The minimum atomic E-state index is 0.604. The van der Waals surface area contributed by atoms with E-state index in [0.717, 1.165) is 73.2 Å². The molecule has 0 unspecified atom stereocenters. The molecule has 12 rings (SSSR count). The van der Waals surface area contributed by atoms with Crippen LogP contribution in [0.4, 0.5) is 34.1 Å². The Labute approximate surface area is 358 Å². The average Bonchev–Trinajstić information content (AvgIpc) is 3.66. The normalized spacial score (nSPS) is 11.5. The Morgan fingerprint density at radius 2 is 0.694 bits per heavy atom. The molecule has 6 heteroatoms.